The SMILES string of the molecule is O=C(O[C@@H]1CCC(=O)[C@@H](F)C1)c1ccccc1. The minimum Gasteiger partial charge on any atom is -0.459 e. The van der Waals surface area contributed by atoms with E-state index in [1.165, 1.54) is 0 Å². The van der Waals surface area contributed by atoms with E-state index in [1.54, 1.807) is 30.3 Å². The first-order valence-electron chi connectivity index (χ1n) is 5.59. The molecule has 1 fully saturated rings. The lowest BCUT2D eigenvalue weighted by Crippen LogP contribution is -2.32. The molecule has 0 aliphatic heterocycles. The molecule has 0 saturated heterocycles. The summed E-state index contributed by atoms with van der Waals surface area (Å²) in [4.78, 5) is 22.7. The average Bonchev–Trinajstić information content (AvgIpc) is 2.35. The van der Waals surface area contributed by atoms with E-state index >= 15 is 0 Å². The molecule has 0 radical (unpaired) electrons. The fourth-order valence-corrected chi connectivity index (χ4v) is 1.84. The van der Waals surface area contributed by atoms with Crippen LogP contribution in [-0.2, 0) is 9.53 Å². The molecular weight excluding hydrogens is 223 g/mol. The van der Waals surface area contributed by atoms with Gasteiger partial charge in [-0.15, -0.1) is 0 Å². The number of benzene rings is 1. The number of alkyl halides is 1. The maximum absolute atomic E-state index is 13.1. The van der Waals surface area contributed by atoms with E-state index in [4.69, 9.17) is 4.74 Å². The van der Waals surface area contributed by atoms with Crippen molar-refractivity contribution in [2.45, 2.75) is 31.5 Å². The number of esters is 1. The number of Topliss-reactive ketones (excluding diaryl/α,β-unsaturated/α-hetero) is 1. The summed E-state index contributed by atoms with van der Waals surface area (Å²) in [6.45, 7) is 0. The van der Waals surface area contributed by atoms with Gasteiger partial charge in [-0.2, -0.15) is 0 Å². The summed E-state index contributed by atoms with van der Waals surface area (Å²) in [6.07, 6.45) is -1.43. The van der Waals surface area contributed by atoms with Crippen LogP contribution in [0.2, 0.25) is 0 Å². The number of rotatable bonds is 2. The molecule has 0 aromatic heterocycles. The molecule has 2 atom stereocenters. The van der Waals surface area contributed by atoms with Gasteiger partial charge in [0.1, 0.15) is 6.10 Å². The van der Waals surface area contributed by atoms with Gasteiger partial charge in [0.2, 0.25) is 0 Å². The van der Waals surface area contributed by atoms with Crippen molar-refractivity contribution >= 4 is 11.8 Å². The summed E-state index contributed by atoms with van der Waals surface area (Å²) in [5, 5.41) is 0. The number of ketones is 1. The second-order valence-corrected chi connectivity index (χ2v) is 4.10. The Labute approximate surface area is 98.6 Å². The van der Waals surface area contributed by atoms with Crippen LogP contribution in [0.15, 0.2) is 30.3 Å². The molecule has 1 aliphatic rings. The predicted molar refractivity (Wildman–Crippen MR) is 59.4 cm³/mol. The Morgan fingerprint density at radius 2 is 2.00 bits per heavy atom. The second-order valence-electron chi connectivity index (χ2n) is 4.10. The Bertz CT molecular complexity index is 416. The third-order valence-corrected chi connectivity index (χ3v) is 2.82. The maximum Gasteiger partial charge on any atom is 0.338 e. The highest BCUT2D eigenvalue weighted by Crippen LogP contribution is 2.21. The van der Waals surface area contributed by atoms with E-state index in [0.29, 0.717) is 12.0 Å². The number of ether oxygens (including phenoxy) is 1. The van der Waals surface area contributed by atoms with Crippen molar-refractivity contribution in [2.75, 3.05) is 0 Å². The lowest BCUT2D eigenvalue weighted by Gasteiger charge is -2.23. The Morgan fingerprint density at radius 3 is 2.65 bits per heavy atom. The van der Waals surface area contributed by atoms with Gasteiger partial charge in [-0.3, -0.25) is 4.79 Å². The highest BCUT2D eigenvalue weighted by Gasteiger charge is 2.30. The van der Waals surface area contributed by atoms with Gasteiger partial charge >= 0.3 is 5.97 Å². The zero-order chi connectivity index (χ0) is 12.3. The van der Waals surface area contributed by atoms with E-state index in [-0.39, 0.29) is 12.8 Å². The van der Waals surface area contributed by atoms with Gasteiger partial charge in [0.25, 0.3) is 0 Å². The van der Waals surface area contributed by atoms with Crippen molar-refractivity contribution in [1.29, 1.82) is 0 Å². The quantitative estimate of drug-likeness (QED) is 0.740. The van der Waals surface area contributed by atoms with Crippen molar-refractivity contribution in [3.05, 3.63) is 35.9 Å². The van der Waals surface area contributed by atoms with Crippen molar-refractivity contribution < 1.29 is 18.7 Å². The zero-order valence-corrected chi connectivity index (χ0v) is 9.27. The molecule has 0 unspecified atom stereocenters. The van der Waals surface area contributed by atoms with Gasteiger partial charge in [-0.1, -0.05) is 18.2 Å². The standard InChI is InChI=1S/C13H13FO3/c14-11-8-10(6-7-12(11)15)17-13(16)9-4-2-1-3-5-9/h1-5,10-11H,6-8H2/t10-,11+/m1/s1. The molecule has 0 bridgehead atoms. The van der Waals surface area contributed by atoms with E-state index in [9.17, 15) is 14.0 Å². The molecule has 1 aliphatic carbocycles. The first kappa shape index (κ1) is 11.8. The van der Waals surface area contributed by atoms with Crippen LogP contribution in [0, 0.1) is 0 Å². The van der Waals surface area contributed by atoms with Crippen LogP contribution in [0.3, 0.4) is 0 Å². The topological polar surface area (TPSA) is 43.4 Å². The summed E-state index contributed by atoms with van der Waals surface area (Å²) >= 11 is 0. The van der Waals surface area contributed by atoms with Gasteiger partial charge in [-0.25, -0.2) is 9.18 Å². The van der Waals surface area contributed by atoms with Crippen LogP contribution >= 0.6 is 0 Å². The van der Waals surface area contributed by atoms with E-state index < -0.39 is 24.0 Å². The van der Waals surface area contributed by atoms with Crippen LogP contribution in [0.1, 0.15) is 29.6 Å². The van der Waals surface area contributed by atoms with Crippen LogP contribution in [0.5, 0.6) is 0 Å². The number of hydrogen-bond acceptors (Lipinski definition) is 3. The zero-order valence-electron chi connectivity index (χ0n) is 9.27. The Hall–Kier alpha value is -1.71. The normalized spacial score (nSPS) is 24.4. The minimum atomic E-state index is -1.49. The summed E-state index contributed by atoms with van der Waals surface area (Å²) in [5.74, 6) is -0.853. The Morgan fingerprint density at radius 1 is 1.29 bits per heavy atom. The highest BCUT2D eigenvalue weighted by molar-refractivity contribution is 5.89. The van der Waals surface area contributed by atoms with Crippen molar-refractivity contribution in [3.63, 3.8) is 0 Å². The fourth-order valence-electron chi connectivity index (χ4n) is 1.84. The van der Waals surface area contributed by atoms with Crippen LogP contribution in [0.25, 0.3) is 0 Å². The molecule has 4 heteroatoms. The lowest BCUT2D eigenvalue weighted by molar-refractivity contribution is -0.128. The molecule has 0 amide bonds. The summed E-state index contributed by atoms with van der Waals surface area (Å²) in [7, 11) is 0. The van der Waals surface area contributed by atoms with Crippen molar-refractivity contribution in [3.8, 4) is 0 Å². The smallest absolute Gasteiger partial charge is 0.338 e. The van der Waals surface area contributed by atoms with Crippen molar-refractivity contribution in [2.24, 2.45) is 0 Å². The van der Waals surface area contributed by atoms with E-state index in [0.717, 1.165) is 0 Å². The molecule has 1 aromatic carbocycles. The molecule has 1 saturated carbocycles. The number of carbonyl (C=O) groups excluding carboxylic acids is 2. The molecule has 0 N–H and O–H groups in total. The molecule has 0 heterocycles. The third-order valence-electron chi connectivity index (χ3n) is 2.82. The molecular formula is C13H13FO3. The molecule has 90 valence electrons. The van der Waals surface area contributed by atoms with Gasteiger partial charge in [0.05, 0.1) is 5.56 Å². The summed E-state index contributed by atoms with van der Waals surface area (Å²) < 4.78 is 18.3. The average molecular weight is 236 g/mol. The summed E-state index contributed by atoms with van der Waals surface area (Å²) in [6, 6.07) is 8.55. The number of hydrogen-bond donors (Lipinski definition) is 0. The molecule has 3 nitrogen and oxygen atoms in total. The Kier molecular flexibility index (Phi) is 3.52. The number of halogens is 1. The summed E-state index contributed by atoms with van der Waals surface area (Å²) in [5.41, 5.74) is 0.444. The fraction of sp³-hybridized carbons (Fsp3) is 0.385. The Balaban J connectivity index is 1.94. The molecule has 1 aromatic rings. The van der Waals surface area contributed by atoms with E-state index in [1.807, 2.05) is 0 Å². The molecule has 0 spiro atoms. The van der Waals surface area contributed by atoms with E-state index in [2.05, 4.69) is 0 Å². The van der Waals surface area contributed by atoms with Crippen LogP contribution in [-0.4, -0.2) is 24.0 Å². The largest absolute Gasteiger partial charge is 0.459 e. The van der Waals surface area contributed by atoms with Gasteiger partial charge in [-0.05, 0) is 18.6 Å². The molecule has 2 rings (SSSR count). The van der Waals surface area contributed by atoms with Crippen LogP contribution < -0.4 is 0 Å². The van der Waals surface area contributed by atoms with Crippen LogP contribution in [0.4, 0.5) is 4.39 Å². The first-order valence-corrected chi connectivity index (χ1v) is 5.59. The minimum absolute atomic E-state index is 0.0165. The third kappa shape index (κ3) is 2.90. The second kappa shape index (κ2) is 5.08. The molecule has 17 heavy (non-hydrogen) atoms. The lowest BCUT2D eigenvalue weighted by atomic mass is 9.95. The van der Waals surface area contributed by atoms with Gasteiger partial charge in [0.15, 0.2) is 12.0 Å². The maximum atomic E-state index is 13.1. The van der Waals surface area contributed by atoms with Crippen molar-refractivity contribution in [1.82, 2.24) is 0 Å². The highest BCUT2D eigenvalue weighted by atomic mass is 19.1. The monoisotopic (exact) mass is 236 g/mol. The van der Waals surface area contributed by atoms with Gasteiger partial charge in [0, 0.05) is 12.8 Å². The predicted octanol–water partition coefficient (Wildman–Crippen LogP) is 2.30. The first-order chi connectivity index (χ1) is 8.16. The van der Waals surface area contributed by atoms with Gasteiger partial charge < -0.3 is 4.74 Å². The number of carbonyl (C=O) groups is 2.